The summed E-state index contributed by atoms with van der Waals surface area (Å²) in [5, 5.41) is 0. The lowest BCUT2D eigenvalue weighted by Crippen LogP contribution is -2.44. The molecule has 0 aromatic rings. The second-order valence-corrected chi connectivity index (χ2v) is 9.91. The van der Waals surface area contributed by atoms with Crippen molar-refractivity contribution in [1.82, 2.24) is 0 Å². The molecule has 6 rings (SSSR count). The van der Waals surface area contributed by atoms with E-state index in [-0.39, 0.29) is 16.2 Å². The Hall–Kier alpha value is -1.44. The van der Waals surface area contributed by atoms with Crippen LogP contribution in [0.25, 0.3) is 0 Å². The Morgan fingerprint density at radius 1 is 1.00 bits per heavy atom. The Balaban J connectivity index is 1.55. The lowest BCUT2D eigenvalue weighted by Gasteiger charge is -2.50. The van der Waals surface area contributed by atoms with Crippen molar-refractivity contribution < 1.29 is 9.59 Å². The molecular weight excluding hydrogens is 308 g/mol. The molecule has 4 atom stereocenters. The van der Waals surface area contributed by atoms with E-state index < -0.39 is 0 Å². The van der Waals surface area contributed by atoms with E-state index in [4.69, 9.17) is 0 Å². The van der Waals surface area contributed by atoms with Crippen molar-refractivity contribution in [3.63, 3.8) is 0 Å². The first kappa shape index (κ1) is 14.7. The number of hydrogen-bond acceptors (Lipinski definition) is 2. The molecule has 0 aliphatic heterocycles. The van der Waals surface area contributed by atoms with Gasteiger partial charge in [0.25, 0.3) is 0 Å². The fourth-order valence-electron chi connectivity index (χ4n) is 7.50. The molecule has 0 N–H and O–H groups in total. The quantitative estimate of drug-likeness (QED) is 0.593. The zero-order valence-electron chi connectivity index (χ0n) is 15.3. The van der Waals surface area contributed by atoms with E-state index in [1.165, 1.54) is 11.1 Å². The van der Waals surface area contributed by atoms with Crippen molar-refractivity contribution in [2.45, 2.75) is 71.6 Å². The summed E-state index contributed by atoms with van der Waals surface area (Å²) in [6, 6.07) is 0. The molecule has 0 saturated heterocycles. The Morgan fingerprint density at radius 3 is 2.68 bits per heavy atom. The molecule has 3 fully saturated rings. The van der Waals surface area contributed by atoms with Crippen LogP contribution in [0.2, 0.25) is 0 Å². The average molecular weight is 334 g/mol. The van der Waals surface area contributed by atoms with E-state index >= 15 is 0 Å². The fourth-order valence-corrected chi connectivity index (χ4v) is 7.50. The second-order valence-electron chi connectivity index (χ2n) is 9.91. The Bertz CT molecular complexity index is 869. The summed E-state index contributed by atoms with van der Waals surface area (Å²) >= 11 is 0. The smallest absolute Gasteiger partial charge is 0.143 e. The van der Waals surface area contributed by atoms with Gasteiger partial charge in [-0.05, 0) is 55.1 Å². The summed E-state index contributed by atoms with van der Waals surface area (Å²) < 4.78 is 0. The van der Waals surface area contributed by atoms with Crippen LogP contribution in [-0.4, -0.2) is 11.6 Å². The molecule has 0 heterocycles. The number of hydrogen-bond donors (Lipinski definition) is 0. The molecule has 2 heteroatoms. The highest BCUT2D eigenvalue weighted by Gasteiger charge is 2.66. The van der Waals surface area contributed by atoms with E-state index in [1.807, 2.05) is 0 Å². The van der Waals surface area contributed by atoms with Crippen molar-refractivity contribution in [3.8, 4) is 0 Å². The second kappa shape index (κ2) is 4.10. The number of rotatable bonds is 0. The normalized spacial score (nSPS) is 47.1. The predicted molar refractivity (Wildman–Crippen MR) is 95.8 cm³/mol. The van der Waals surface area contributed by atoms with Crippen molar-refractivity contribution in [2.75, 3.05) is 0 Å². The predicted octanol–water partition coefficient (Wildman–Crippen LogP) is 4.85. The highest BCUT2D eigenvalue weighted by atomic mass is 16.1. The number of carbonyl (C=O) groups excluding carboxylic acids is 2. The first-order chi connectivity index (χ1) is 11.9. The molecule has 0 amide bonds. The first-order valence-corrected chi connectivity index (χ1v) is 10.1. The summed E-state index contributed by atoms with van der Waals surface area (Å²) in [4.78, 5) is 25.2. The van der Waals surface area contributed by atoms with Gasteiger partial charge in [0.05, 0.1) is 5.41 Å². The maximum absolute atomic E-state index is 13.1. The molecule has 0 bridgehead atoms. The van der Waals surface area contributed by atoms with Crippen molar-refractivity contribution in [2.24, 2.45) is 22.2 Å². The Morgan fingerprint density at radius 2 is 1.84 bits per heavy atom. The van der Waals surface area contributed by atoms with Gasteiger partial charge in [-0.15, -0.1) is 0 Å². The number of fused-ring (bicyclic) bond motifs is 5. The molecule has 6 aliphatic carbocycles. The van der Waals surface area contributed by atoms with Crippen LogP contribution in [0, 0.1) is 22.2 Å². The van der Waals surface area contributed by atoms with Gasteiger partial charge in [0.2, 0.25) is 0 Å². The molecule has 6 aliphatic rings. The van der Waals surface area contributed by atoms with Gasteiger partial charge in [-0.3, -0.25) is 9.59 Å². The van der Waals surface area contributed by atoms with E-state index in [2.05, 4.69) is 19.9 Å². The third kappa shape index (κ3) is 1.43. The number of Topliss-reactive ketones (excluding diaryl/α,β-unsaturated/α-hetero) is 2. The molecule has 0 aromatic heterocycles. The van der Waals surface area contributed by atoms with Crippen LogP contribution < -0.4 is 0 Å². The van der Waals surface area contributed by atoms with E-state index in [9.17, 15) is 9.59 Å². The SMILES string of the molecule is CC12CCC(=O)CC1=C1CC1C1=C2CC[C@@]23C(=O)CC[C@]2(C)CC=C13. The van der Waals surface area contributed by atoms with E-state index in [0.29, 0.717) is 23.9 Å². The van der Waals surface area contributed by atoms with Gasteiger partial charge in [0.1, 0.15) is 11.6 Å². The fraction of sp³-hybridized carbons (Fsp3) is 0.652. The van der Waals surface area contributed by atoms with Crippen LogP contribution in [0.1, 0.15) is 71.6 Å². The largest absolute Gasteiger partial charge is 0.299 e. The van der Waals surface area contributed by atoms with Crippen LogP contribution >= 0.6 is 0 Å². The number of ketones is 2. The maximum atomic E-state index is 13.1. The van der Waals surface area contributed by atoms with Crippen molar-refractivity contribution in [1.29, 1.82) is 0 Å². The summed E-state index contributed by atoms with van der Waals surface area (Å²) in [6.45, 7) is 4.76. The highest BCUT2D eigenvalue weighted by Crippen LogP contribution is 2.73. The molecule has 0 radical (unpaired) electrons. The van der Waals surface area contributed by atoms with Crippen LogP contribution in [0.3, 0.4) is 0 Å². The zero-order chi connectivity index (χ0) is 17.2. The van der Waals surface area contributed by atoms with Gasteiger partial charge in [-0.25, -0.2) is 0 Å². The minimum atomic E-state index is -0.169. The molecule has 130 valence electrons. The minimum Gasteiger partial charge on any atom is -0.299 e. The van der Waals surface area contributed by atoms with Crippen LogP contribution in [0.15, 0.2) is 33.9 Å². The zero-order valence-corrected chi connectivity index (χ0v) is 15.3. The van der Waals surface area contributed by atoms with Gasteiger partial charge in [0.15, 0.2) is 0 Å². The van der Waals surface area contributed by atoms with Crippen molar-refractivity contribution in [3.05, 3.63) is 33.9 Å². The van der Waals surface area contributed by atoms with Crippen LogP contribution in [0.4, 0.5) is 0 Å². The lowest BCUT2D eigenvalue weighted by atomic mass is 9.53. The van der Waals surface area contributed by atoms with Gasteiger partial charge >= 0.3 is 0 Å². The van der Waals surface area contributed by atoms with E-state index in [0.717, 1.165) is 51.4 Å². The first-order valence-electron chi connectivity index (χ1n) is 10.1. The van der Waals surface area contributed by atoms with Crippen molar-refractivity contribution >= 4 is 11.6 Å². The summed E-state index contributed by atoms with van der Waals surface area (Å²) in [5.74, 6) is 1.50. The topological polar surface area (TPSA) is 34.1 Å². The van der Waals surface area contributed by atoms with Gasteiger partial charge in [0, 0.05) is 30.6 Å². The standard InChI is InChI=1S/C23H26O2/c1-21-7-4-17-20-15-12-14(15)18-11-13(24)3-9-22(18,2)16(20)5-10-23(17,21)19(25)6-8-21/h4,15H,3,5-12H2,1-2H3/t15?,21-,22?,23+/m0/s1. The number of carbonyl (C=O) groups is 2. The van der Waals surface area contributed by atoms with Gasteiger partial charge < -0.3 is 0 Å². The monoisotopic (exact) mass is 334 g/mol. The number of allylic oxidation sites excluding steroid dienone is 6. The van der Waals surface area contributed by atoms with E-state index in [1.54, 1.807) is 16.7 Å². The Labute approximate surface area is 149 Å². The highest BCUT2D eigenvalue weighted by molar-refractivity contribution is 5.94. The van der Waals surface area contributed by atoms with Gasteiger partial charge in [-0.2, -0.15) is 0 Å². The molecule has 2 unspecified atom stereocenters. The minimum absolute atomic E-state index is 0.106. The molecular formula is C23H26O2. The maximum Gasteiger partial charge on any atom is 0.143 e. The van der Waals surface area contributed by atoms with Crippen LogP contribution in [-0.2, 0) is 9.59 Å². The third-order valence-corrected chi connectivity index (χ3v) is 9.02. The summed E-state index contributed by atoms with van der Waals surface area (Å²) in [5.41, 5.74) is 7.76. The molecule has 1 spiro atoms. The lowest BCUT2D eigenvalue weighted by molar-refractivity contribution is -0.127. The average Bonchev–Trinajstić information content (AvgIpc) is 3.27. The summed E-state index contributed by atoms with van der Waals surface area (Å²) in [7, 11) is 0. The van der Waals surface area contributed by atoms with Crippen LogP contribution in [0.5, 0.6) is 0 Å². The summed E-state index contributed by atoms with van der Waals surface area (Å²) in [6.07, 6.45) is 11.0. The molecule has 25 heavy (non-hydrogen) atoms. The third-order valence-electron chi connectivity index (χ3n) is 9.02. The molecule has 3 saturated carbocycles. The van der Waals surface area contributed by atoms with Gasteiger partial charge in [-0.1, -0.05) is 36.6 Å². The molecule has 0 aromatic carbocycles. The Kier molecular flexibility index (Phi) is 2.41. The molecule has 2 nitrogen and oxygen atoms in total.